The van der Waals surface area contributed by atoms with Gasteiger partial charge in [-0.15, -0.1) is 11.3 Å². The van der Waals surface area contributed by atoms with Gasteiger partial charge in [0.25, 0.3) is 5.91 Å². The van der Waals surface area contributed by atoms with E-state index in [-0.39, 0.29) is 11.8 Å². The van der Waals surface area contributed by atoms with E-state index in [1.165, 1.54) is 0 Å². The van der Waals surface area contributed by atoms with Gasteiger partial charge in [-0.2, -0.15) is 0 Å². The quantitative estimate of drug-likeness (QED) is 0.702. The number of ether oxygens (including phenoxy) is 1. The summed E-state index contributed by atoms with van der Waals surface area (Å²) in [6, 6.07) is 7.17. The van der Waals surface area contributed by atoms with Crippen molar-refractivity contribution in [1.82, 2.24) is 20.5 Å². The molecule has 1 spiro atoms. The Labute approximate surface area is 186 Å². The Bertz CT molecular complexity index is 921. The van der Waals surface area contributed by atoms with Gasteiger partial charge in [0.05, 0.1) is 28.7 Å². The molecule has 1 saturated heterocycles. The minimum absolute atomic E-state index is 0.0865. The maximum Gasteiger partial charge on any atom is 0.255 e. The Balaban J connectivity index is 1.42. The Morgan fingerprint density at radius 2 is 1.97 bits per heavy atom. The highest BCUT2D eigenvalue weighted by atomic mass is 32.1. The zero-order chi connectivity index (χ0) is 21.5. The normalized spacial score (nSPS) is 21.3. The Hall–Kier alpha value is -2.71. The Morgan fingerprint density at radius 3 is 2.77 bits per heavy atom. The first-order valence-electron chi connectivity index (χ1n) is 10.7. The number of rotatable bonds is 2. The Morgan fingerprint density at radius 1 is 1.13 bits per heavy atom. The summed E-state index contributed by atoms with van der Waals surface area (Å²) in [5, 5.41) is 8.06. The highest BCUT2D eigenvalue weighted by Crippen LogP contribution is 2.36. The van der Waals surface area contributed by atoms with Crippen LogP contribution >= 0.6 is 11.3 Å². The highest BCUT2D eigenvalue weighted by molar-refractivity contribution is 7.07. The summed E-state index contributed by atoms with van der Waals surface area (Å²) < 4.78 is 5.79. The zero-order valence-electron chi connectivity index (χ0n) is 17.5. The molecule has 0 atom stereocenters. The lowest BCUT2D eigenvalue weighted by atomic mass is 9.74. The molecule has 4 rings (SSSR count). The number of amides is 2. The van der Waals surface area contributed by atoms with Crippen molar-refractivity contribution < 1.29 is 14.3 Å². The summed E-state index contributed by atoms with van der Waals surface area (Å²) in [6.07, 6.45) is 6.22. The molecular formula is C23H28N4O3S. The molecule has 2 amide bonds. The number of likely N-dealkylation sites (tertiary alicyclic amines) is 1. The van der Waals surface area contributed by atoms with Gasteiger partial charge in [0.2, 0.25) is 5.91 Å². The summed E-state index contributed by atoms with van der Waals surface area (Å²) in [6.45, 7) is 3.69. The molecule has 164 valence electrons. The third-order valence-electron chi connectivity index (χ3n) is 6.00. The molecule has 0 unspecified atom stereocenters. The van der Waals surface area contributed by atoms with Crippen LogP contribution in [-0.2, 0) is 11.3 Å². The number of piperidine rings is 1. The minimum atomic E-state index is -0.429. The van der Waals surface area contributed by atoms with Gasteiger partial charge in [0.1, 0.15) is 12.4 Å². The molecule has 0 saturated carbocycles. The first-order valence-corrected chi connectivity index (χ1v) is 11.6. The first-order chi connectivity index (χ1) is 15.2. The number of carbonyl (C=O) groups is 2. The van der Waals surface area contributed by atoms with E-state index in [1.807, 2.05) is 29.8 Å². The third kappa shape index (κ3) is 5.32. The van der Waals surface area contributed by atoms with E-state index in [9.17, 15) is 9.59 Å². The number of aromatic nitrogens is 1. The smallest absolute Gasteiger partial charge is 0.255 e. The number of hydrogen-bond acceptors (Lipinski definition) is 6. The maximum absolute atomic E-state index is 13.2. The summed E-state index contributed by atoms with van der Waals surface area (Å²) in [7, 11) is 0. The Kier molecular flexibility index (Phi) is 6.99. The molecule has 2 aromatic rings. The number of benzene rings is 1. The maximum atomic E-state index is 13.2. The zero-order valence-corrected chi connectivity index (χ0v) is 18.3. The molecule has 7 nitrogen and oxygen atoms in total. The highest BCUT2D eigenvalue weighted by Gasteiger charge is 2.40. The molecule has 31 heavy (non-hydrogen) atoms. The summed E-state index contributed by atoms with van der Waals surface area (Å²) in [4.78, 5) is 32.4. The molecule has 0 radical (unpaired) electrons. The number of nitrogens with one attached hydrogen (secondary N) is 2. The van der Waals surface area contributed by atoms with Crippen LogP contribution in [0.4, 0.5) is 0 Å². The fourth-order valence-corrected chi connectivity index (χ4v) is 4.69. The predicted octanol–water partition coefficient (Wildman–Crippen LogP) is 2.61. The molecular weight excluding hydrogens is 412 g/mol. The van der Waals surface area contributed by atoms with E-state index in [4.69, 9.17) is 4.74 Å². The van der Waals surface area contributed by atoms with E-state index in [2.05, 4.69) is 25.9 Å². The van der Waals surface area contributed by atoms with Crippen LogP contribution in [0.15, 0.2) is 47.3 Å². The summed E-state index contributed by atoms with van der Waals surface area (Å²) >= 11 is 1.61. The number of thiazole rings is 1. The van der Waals surface area contributed by atoms with Gasteiger partial charge in [-0.3, -0.25) is 14.5 Å². The van der Waals surface area contributed by atoms with Crippen LogP contribution in [0.25, 0.3) is 0 Å². The third-order valence-corrected chi connectivity index (χ3v) is 6.63. The molecule has 1 aromatic heterocycles. The van der Waals surface area contributed by atoms with Crippen LogP contribution < -0.4 is 15.4 Å². The van der Waals surface area contributed by atoms with Crippen molar-refractivity contribution in [3.8, 4) is 5.75 Å². The van der Waals surface area contributed by atoms with Crippen molar-refractivity contribution >= 4 is 23.2 Å². The number of hydrogen-bond donors (Lipinski definition) is 2. The van der Waals surface area contributed by atoms with E-state index < -0.39 is 5.41 Å². The van der Waals surface area contributed by atoms with Gasteiger partial charge in [-0.25, -0.2) is 4.98 Å². The summed E-state index contributed by atoms with van der Waals surface area (Å²) in [5.41, 5.74) is 3.02. The number of para-hydroxylation sites is 1. The molecule has 2 aliphatic heterocycles. The molecule has 2 aliphatic rings. The van der Waals surface area contributed by atoms with Crippen LogP contribution in [0.2, 0.25) is 0 Å². The van der Waals surface area contributed by atoms with Gasteiger partial charge in [0.15, 0.2) is 0 Å². The molecule has 1 fully saturated rings. The van der Waals surface area contributed by atoms with Crippen molar-refractivity contribution in [1.29, 1.82) is 0 Å². The average Bonchev–Trinajstić information content (AvgIpc) is 3.30. The van der Waals surface area contributed by atoms with Gasteiger partial charge >= 0.3 is 0 Å². The lowest BCUT2D eigenvalue weighted by Gasteiger charge is -2.40. The average molecular weight is 441 g/mol. The van der Waals surface area contributed by atoms with E-state index in [0.717, 1.165) is 38.2 Å². The van der Waals surface area contributed by atoms with Crippen molar-refractivity contribution in [2.24, 2.45) is 5.41 Å². The van der Waals surface area contributed by atoms with Gasteiger partial charge in [-0.05, 0) is 44.5 Å². The van der Waals surface area contributed by atoms with E-state index in [1.54, 1.807) is 23.5 Å². The van der Waals surface area contributed by atoms with Crippen molar-refractivity contribution in [3.05, 3.63) is 58.6 Å². The van der Waals surface area contributed by atoms with Crippen LogP contribution in [0.5, 0.6) is 5.75 Å². The van der Waals surface area contributed by atoms with Gasteiger partial charge in [0, 0.05) is 18.5 Å². The van der Waals surface area contributed by atoms with Crippen LogP contribution in [-0.4, -0.2) is 54.5 Å². The van der Waals surface area contributed by atoms with Gasteiger partial charge in [-0.1, -0.05) is 24.3 Å². The number of allylic oxidation sites excluding steroid dienone is 1. The van der Waals surface area contributed by atoms with Crippen LogP contribution in [0.1, 0.15) is 35.3 Å². The molecule has 8 heteroatoms. The van der Waals surface area contributed by atoms with E-state index in [0.29, 0.717) is 37.4 Å². The monoisotopic (exact) mass is 440 g/mol. The lowest BCUT2D eigenvalue weighted by molar-refractivity contribution is -0.134. The lowest BCUT2D eigenvalue weighted by Crippen LogP contribution is -2.49. The second kappa shape index (κ2) is 10.1. The molecule has 0 bridgehead atoms. The molecule has 0 aliphatic carbocycles. The second-order valence-electron chi connectivity index (χ2n) is 8.02. The minimum Gasteiger partial charge on any atom is -0.491 e. The van der Waals surface area contributed by atoms with Crippen LogP contribution in [0, 0.1) is 5.41 Å². The first kappa shape index (κ1) is 21.5. The van der Waals surface area contributed by atoms with E-state index >= 15 is 0 Å². The summed E-state index contributed by atoms with van der Waals surface area (Å²) in [5.74, 6) is 0.454. The van der Waals surface area contributed by atoms with Gasteiger partial charge < -0.3 is 15.4 Å². The van der Waals surface area contributed by atoms with Crippen molar-refractivity contribution in [2.45, 2.75) is 25.8 Å². The number of fused-ring (bicyclic) bond motifs is 1. The standard InChI is InChI=1S/C23H28N4O3S/c28-21-19-5-1-2-6-20(19)30-14-11-25-22(29)23(7-3-4-10-24-21)8-12-27(13-9-23)15-18-16-31-17-26-18/h1-6,16-17H,7-15H2,(H,24,28)(H,25,29)/b4-3+. The molecule has 3 heterocycles. The topological polar surface area (TPSA) is 83.6 Å². The fraction of sp³-hybridized carbons (Fsp3) is 0.435. The predicted molar refractivity (Wildman–Crippen MR) is 120 cm³/mol. The number of nitrogens with zero attached hydrogens (tertiary/aromatic N) is 2. The van der Waals surface area contributed by atoms with Crippen molar-refractivity contribution in [2.75, 3.05) is 32.8 Å². The molecule has 1 aromatic carbocycles. The molecule has 2 N–H and O–H groups in total. The van der Waals surface area contributed by atoms with Crippen molar-refractivity contribution in [3.63, 3.8) is 0 Å². The van der Waals surface area contributed by atoms with Crippen LogP contribution in [0.3, 0.4) is 0 Å². The largest absolute Gasteiger partial charge is 0.491 e. The SMILES string of the molecule is O=C1NC/C=C/CC2(CCN(Cc3cscn3)CC2)C(=O)NCCOc2ccccc21. The number of carbonyl (C=O) groups excluding carboxylic acids is 2. The fourth-order valence-electron chi connectivity index (χ4n) is 4.14. The second-order valence-corrected chi connectivity index (χ2v) is 8.74.